The molecule has 0 aromatic carbocycles. The average Bonchev–Trinajstić information content (AvgIpc) is 2.84. The molecule has 1 aromatic heterocycles. The predicted molar refractivity (Wildman–Crippen MR) is 66.8 cm³/mol. The summed E-state index contributed by atoms with van der Waals surface area (Å²) in [6.07, 6.45) is 1.68. The van der Waals surface area contributed by atoms with E-state index in [1.54, 1.807) is 6.33 Å². The second kappa shape index (κ2) is 5.90. The van der Waals surface area contributed by atoms with Crippen molar-refractivity contribution < 1.29 is 4.79 Å². The number of carbonyl (C=O) groups excluding carboxylic acids is 1. The Labute approximate surface area is 105 Å². The third kappa shape index (κ3) is 3.12. The van der Waals surface area contributed by atoms with Gasteiger partial charge in [0.25, 0.3) is 0 Å². The van der Waals surface area contributed by atoms with Crippen LogP contribution in [0, 0.1) is 0 Å². The molecule has 1 saturated heterocycles. The minimum absolute atomic E-state index is 0.00375. The van der Waals surface area contributed by atoms with Gasteiger partial charge in [-0.2, -0.15) is 11.8 Å². The maximum atomic E-state index is 11.8. The monoisotopic (exact) mass is 255 g/mol. The van der Waals surface area contributed by atoms with Crippen molar-refractivity contribution in [3.8, 4) is 0 Å². The number of aromatic nitrogens is 3. The summed E-state index contributed by atoms with van der Waals surface area (Å²) in [5.41, 5.74) is 0. The van der Waals surface area contributed by atoms with E-state index in [1.165, 1.54) is 0 Å². The van der Waals surface area contributed by atoms with E-state index in [0.717, 1.165) is 37.0 Å². The van der Waals surface area contributed by atoms with Gasteiger partial charge in [0.2, 0.25) is 0 Å². The molecule has 6 nitrogen and oxygen atoms in total. The molecule has 0 radical (unpaired) electrons. The number of thioether (sulfide) groups is 1. The summed E-state index contributed by atoms with van der Waals surface area (Å²) < 4.78 is 1.92. The van der Waals surface area contributed by atoms with Gasteiger partial charge in [0.15, 0.2) is 5.82 Å². The minimum atomic E-state index is -0.00375. The zero-order valence-corrected chi connectivity index (χ0v) is 10.7. The number of rotatable bonds is 3. The van der Waals surface area contributed by atoms with Crippen LogP contribution >= 0.6 is 11.8 Å². The molecule has 1 aliphatic rings. The summed E-state index contributed by atoms with van der Waals surface area (Å²) in [4.78, 5) is 13.7. The normalized spacial score (nSPS) is 15.9. The van der Waals surface area contributed by atoms with Crippen LogP contribution in [0.3, 0.4) is 0 Å². The topological polar surface area (TPSA) is 63.1 Å². The molecule has 0 unspecified atom stereocenters. The van der Waals surface area contributed by atoms with Crippen LogP contribution in [0.1, 0.15) is 12.7 Å². The van der Waals surface area contributed by atoms with Gasteiger partial charge in [0.05, 0.1) is 6.54 Å². The number of hydrogen-bond donors (Lipinski definition) is 1. The highest BCUT2D eigenvalue weighted by atomic mass is 32.2. The molecule has 7 heteroatoms. The van der Waals surface area contributed by atoms with Gasteiger partial charge in [-0.25, -0.2) is 4.79 Å². The van der Waals surface area contributed by atoms with Gasteiger partial charge in [0.1, 0.15) is 6.33 Å². The highest BCUT2D eigenvalue weighted by molar-refractivity contribution is 7.99. The number of nitrogens with zero attached hydrogens (tertiary/aromatic N) is 4. The Hall–Kier alpha value is -1.24. The predicted octanol–water partition coefficient (Wildman–Crippen LogP) is 0.556. The van der Waals surface area contributed by atoms with E-state index in [9.17, 15) is 4.79 Å². The number of urea groups is 1. The number of aryl methyl sites for hydroxylation is 1. The summed E-state index contributed by atoms with van der Waals surface area (Å²) >= 11 is 1.89. The Balaban J connectivity index is 1.83. The van der Waals surface area contributed by atoms with Crippen molar-refractivity contribution in [3.63, 3.8) is 0 Å². The molecule has 2 rings (SSSR count). The smallest absolute Gasteiger partial charge is 0.317 e. The fourth-order valence-electron chi connectivity index (χ4n) is 1.71. The van der Waals surface area contributed by atoms with Crippen LogP contribution in [0.25, 0.3) is 0 Å². The van der Waals surface area contributed by atoms with Crippen LogP contribution < -0.4 is 5.32 Å². The third-order valence-electron chi connectivity index (χ3n) is 2.73. The van der Waals surface area contributed by atoms with Gasteiger partial charge < -0.3 is 14.8 Å². The zero-order chi connectivity index (χ0) is 12.1. The van der Waals surface area contributed by atoms with Crippen molar-refractivity contribution in [3.05, 3.63) is 12.2 Å². The Kier molecular flexibility index (Phi) is 4.24. The molecular weight excluding hydrogens is 238 g/mol. The molecule has 1 N–H and O–H groups in total. The molecule has 0 bridgehead atoms. The molecule has 1 aliphatic heterocycles. The van der Waals surface area contributed by atoms with E-state index in [4.69, 9.17) is 0 Å². The standard InChI is InChI=1S/C10H17N5OS/c1-2-14-8-12-13-9(14)7-11-10(16)15-3-5-17-6-4-15/h8H,2-7H2,1H3,(H,11,16). The first-order valence-corrected chi connectivity index (χ1v) is 6.94. The van der Waals surface area contributed by atoms with Crippen molar-refractivity contribution in [1.82, 2.24) is 25.0 Å². The average molecular weight is 255 g/mol. The van der Waals surface area contributed by atoms with Crippen LogP contribution in [0.2, 0.25) is 0 Å². The zero-order valence-electron chi connectivity index (χ0n) is 9.93. The number of carbonyl (C=O) groups is 1. The minimum Gasteiger partial charge on any atom is -0.331 e. The van der Waals surface area contributed by atoms with Gasteiger partial charge in [-0.1, -0.05) is 0 Å². The Morgan fingerprint density at radius 1 is 1.53 bits per heavy atom. The third-order valence-corrected chi connectivity index (χ3v) is 3.67. The van der Waals surface area contributed by atoms with Crippen molar-refractivity contribution >= 4 is 17.8 Å². The van der Waals surface area contributed by atoms with Crippen molar-refractivity contribution in [2.75, 3.05) is 24.6 Å². The number of amides is 2. The molecule has 2 amide bonds. The van der Waals surface area contributed by atoms with E-state index >= 15 is 0 Å². The SMILES string of the molecule is CCn1cnnc1CNC(=O)N1CCSCC1. The summed E-state index contributed by atoms with van der Waals surface area (Å²) in [7, 11) is 0. The van der Waals surface area contributed by atoms with E-state index in [-0.39, 0.29) is 6.03 Å². The van der Waals surface area contributed by atoms with Gasteiger partial charge in [-0.15, -0.1) is 10.2 Å². The lowest BCUT2D eigenvalue weighted by Gasteiger charge is -2.26. The molecular formula is C10H17N5OS. The van der Waals surface area contributed by atoms with Crippen molar-refractivity contribution in [1.29, 1.82) is 0 Å². The summed E-state index contributed by atoms with van der Waals surface area (Å²) in [5.74, 6) is 2.85. The van der Waals surface area contributed by atoms with E-state index in [2.05, 4.69) is 15.5 Å². The van der Waals surface area contributed by atoms with Crippen LogP contribution in [-0.4, -0.2) is 50.3 Å². The molecule has 2 heterocycles. The Bertz CT molecular complexity index is 375. The molecule has 0 saturated carbocycles. The van der Waals surface area contributed by atoms with Gasteiger partial charge in [-0.3, -0.25) is 0 Å². The van der Waals surface area contributed by atoms with Crippen LogP contribution in [0.5, 0.6) is 0 Å². The molecule has 94 valence electrons. The van der Waals surface area contributed by atoms with E-state index in [0.29, 0.717) is 6.54 Å². The summed E-state index contributed by atoms with van der Waals surface area (Å²) in [6.45, 7) is 4.94. The molecule has 0 atom stereocenters. The summed E-state index contributed by atoms with van der Waals surface area (Å²) in [5, 5.41) is 10.7. The second-order valence-corrected chi connectivity index (χ2v) is 5.02. The first-order chi connectivity index (χ1) is 8.31. The van der Waals surface area contributed by atoms with Gasteiger partial charge in [0, 0.05) is 31.1 Å². The molecule has 1 fully saturated rings. The van der Waals surface area contributed by atoms with Crippen LogP contribution in [0.15, 0.2) is 6.33 Å². The Morgan fingerprint density at radius 3 is 3.00 bits per heavy atom. The summed E-state index contributed by atoms with van der Waals surface area (Å²) in [6, 6.07) is -0.00375. The molecule has 17 heavy (non-hydrogen) atoms. The Morgan fingerprint density at radius 2 is 2.29 bits per heavy atom. The van der Waals surface area contributed by atoms with Gasteiger partial charge >= 0.3 is 6.03 Å². The lowest BCUT2D eigenvalue weighted by Crippen LogP contribution is -2.44. The van der Waals surface area contributed by atoms with Crippen molar-refractivity contribution in [2.45, 2.75) is 20.0 Å². The quantitative estimate of drug-likeness (QED) is 0.857. The lowest BCUT2D eigenvalue weighted by atomic mass is 10.5. The highest BCUT2D eigenvalue weighted by Gasteiger charge is 2.16. The van der Waals surface area contributed by atoms with Crippen LogP contribution in [-0.2, 0) is 13.1 Å². The molecule has 0 spiro atoms. The molecule has 0 aliphatic carbocycles. The fraction of sp³-hybridized carbons (Fsp3) is 0.700. The van der Waals surface area contributed by atoms with E-state index < -0.39 is 0 Å². The van der Waals surface area contributed by atoms with E-state index in [1.807, 2.05) is 28.2 Å². The highest BCUT2D eigenvalue weighted by Crippen LogP contribution is 2.09. The largest absolute Gasteiger partial charge is 0.331 e. The lowest BCUT2D eigenvalue weighted by molar-refractivity contribution is 0.202. The number of nitrogens with one attached hydrogen (secondary N) is 1. The van der Waals surface area contributed by atoms with Gasteiger partial charge in [-0.05, 0) is 6.92 Å². The van der Waals surface area contributed by atoms with Crippen LogP contribution in [0.4, 0.5) is 4.79 Å². The number of hydrogen-bond acceptors (Lipinski definition) is 4. The fourth-order valence-corrected chi connectivity index (χ4v) is 2.62. The maximum absolute atomic E-state index is 11.8. The first kappa shape index (κ1) is 12.2. The maximum Gasteiger partial charge on any atom is 0.317 e. The van der Waals surface area contributed by atoms with Crippen molar-refractivity contribution in [2.24, 2.45) is 0 Å². The molecule has 1 aromatic rings. The first-order valence-electron chi connectivity index (χ1n) is 5.78. The second-order valence-electron chi connectivity index (χ2n) is 3.79.